The molecule has 0 saturated heterocycles. The zero-order valence-corrected chi connectivity index (χ0v) is 15.1. The zero-order valence-electron chi connectivity index (χ0n) is 14.3. The Bertz CT molecular complexity index is 622. The topological polar surface area (TPSA) is 44.9 Å². The van der Waals surface area contributed by atoms with E-state index in [9.17, 15) is 0 Å². The number of guanidine groups is 1. The minimum absolute atomic E-state index is 0.715. The fourth-order valence-electron chi connectivity index (χ4n) is 3.40. The van der Waals surface area contributed by atoms with E-state index in [0.717, 1.165) is 35.0 Å². The first-order chi connectivity index (χ1) is 11.2. The number of fused-ring (bicyclic) bond motifs is 1. The third-order valence-electron chi connectivity index (χ3n) is 4.81. The highest BCUT2D eigenvalue weighted by Gasteiger charge is 2.20. The molecule has 1 saturated carbocycles. The van der Waals surface area contributed by atoms with Crippen molar-refractivity contribution in [2.24, 2.45) is 16.8 Å². The van der Waals surface area contributed by atoms with Crippen molar-refractivity contribution in [3.63, 3.8) is 0 Å². The van der Waals surface area contributed by atoms with Gasteiger partial charge in [-0.25, -0.2) is 4.98 Å². The summed E-state index contributed by atoms with van der Waals surface area (Å²) >= 11 is 1.66. The Labute approximate surface area is 142 Å². The van der Waals surface area contributed by atoms with Crippen molar-refractivity contribution < 1.29 is 0 Å². The molecule has 3 rings (SSSR count). The summed E-state index contributed by atoms with van der Waals surface area (Å²) in [5.74, 6) is 2.66. The maximum atomic E-state index is 4.61. The second kappa shape index (κ2) is 7.34. The van der Waals surface area contributed by atoms with Crippen LogP contribution in [-0.4, -0.2) is 40.9 Å². The van der Waals surface area contributed by atoms with Crippen LogP contribution in [0.1, 0.15) is 38.3 Å². The van der Waals surface area contributed by atoms with Crippen molar-refractivity contribution in [2.75, 3.05) is 20.6 Å². The van der Waals surface area contributed by atoms with Crippen LogP contribution in [0, 0.1) is 11.8 Å². The number of aromatic nitrogens is 2. The highest BCUT2D eigenvalue weighted by molar-refractivity contribution is 7.15. The fraction of sp³-hybridized carbons (Fsp3) is 0.647. The Morgan fingerprint density at radius 1 is 1.43 bits per heavy atom. The van der Waals surface area contributed by atoms with Gasteiger partial charge in [-0.2, -0.15) is 0 Å². The Hall–Kier alpha value is -1.56. The predicted octanol–water partition coefficient (Wildman–Crippen LogP) is 3.23. The van der Waals surface area contributed by atoms with E-state index in [2.05, 4.69) is 50.1 Å². The van der Waals surface area contributed by atoms with Crippen LogP contribution >= 0.6 is 11.3 Å². The minimum Gasteiger partial charge on any atom is -0.351 e. The van der Waals surface area contributed by atoms with E-state index >= 15 is 0 Å². The molecular formula is C17H27N5S. The maximum Gasteiger partial charge on any atom is 0.193 e. The molecule has 1 fully saturated rings. The zero-order chi connectivity index (χ0) is 16.2. The van der Waals surface area contributed by atoms with Crippen LogP contribution in [0.5, 0.6) is 0 Å². The average molecular weight is 334 g/mol. The van der Waals surface area contributed by atoms with Gasteiger partial charge in [0.25, 0.3) is 0 Å². The van der Waals surface area contributed by atoms with Gasteiger partial charge < -0.3 is 10.2 Å². The van der Waals surface area contributed by atoms with Gasteiger partial charge in [-0.3, -0.25) is 9.39 Å². The molecule has 0 radical (unpaired) electrons. The molecule has 0 aliphatic heterocycles. The second-order valence-corrected chi connectivity index (χ2v) is 7.61. The molecule has 126 valence electrons. The molecule has 0 aromatic carbocycles. The first-order valence-corrected chi connectivity index (χ1v) is 9.36. The Morgan fingerprint density at radius 3 is 2.91 bits per heavy atom. The lowest BCUT2D eigenvalue weighted by Crippen LogP contribution is -2.41. The number of imidazole rings is 1. The third kappa shape index (κ3) is 4.05. The molecule has 2 aromatic rings. The van der Waals surface area contributed by atoms with Crippen LogP contribution in [-0.2, 0) is 6.54 Å². The number of rotatable bonds is 4. The number of aliphatic imine (C=N–C) groups is 1. The molecule has 1 N–H and O–H groups in total. The summed E-state index contributed by atoms with van der Waals surface area (Å²) in [5, 5.41) is 5.49. The van der Waals surface area contributed by atoms with Gasteiger partial charge in [-0.1, -0.05) is 19.8 Å². The van der Waals surface area contributed by atoms with Crippen molar-refractivity contribution in [1.82, 2.24) is 19.6 Å². The summed E-state index contributed by atoms with van der Waals surface area (Å²) in [6, 6.07) is 0. The smallest absolute Gasteiger partial charge is 0.193 e. The largest absolute Gasteiger partial charge is 0.351 e. The van der Waals surface area contributed by atoms with Gasteiger partial charge in [-0.05, 0) is 24.7 Å². The molecule has 0 amide bonds. The van der Waals surface area contributed by atoms with E-state index in [4.69, 9.17) is 0 Å². The molecule has 0 spiro atoms. The van der Waals surface area contributed by atoms with E-state index in [1.165, 1.54) is 25.7 Å². The summed E-state index contributed by atoms with van der Waals surface area (Å²) in [6.07, 6.45) is 9.56. The molecule has 0 atom stereocenters. The van der Waals surface area contributed by atoms with E-state index in [1.54, 1.807) is 11.3 Å². The van der Waals surface area contributed by atoms with Gasteiger partial charge in [-0.15, -0.1) is 11.3 Å². The van der Waals surface area contributed by atoms with Crippen LogP contribution in [0.2, 0.25) is 0 Å². The van der Waals surface area contributed by atoms with E-state index in [0.29, 0.717) is 6.54 Å². The number of hydrogen-bond acceptors (Lipinski definition) is 3. The van der Waals surface area contributed by atoms with Crippen molar-refractivity contribution in [3.8, 4) is 0 Å². The number of thiazole rings is 1. The monoisotopic (exact) mass is 333 g/mol. The molecule has 1 aliphatic carbocycles. The molecular weight excluding hydrogens is 306 g/mol. The van der Waals surface area contributed by atoms with Crippen molar-refractivity contribution in [3.05, 3.63) is 23.5 Å². The molecule has 6 heteroatoms. The first kappa shape index (κ1) is 16.3. The van der Waals surface area contributed by atoms with Gasteiger partial charge in [0, 0.05) is 38.4 Å². The van der Waals surface area contributed by atoms with E-state index in [-0.39, 0.29) is 0 Å². The summed E-state index contributed by atoms with van der Waals surface area (Å²) in [7, 11) is 3.99. The highest BCUT2D eigenvalue weighted by Crippen LogP contribution is 2.28. The average Bonchev–Trinajstić information content (AvgIpc) is 3.11. The number of hydrogen-bond donors (Lipinski definition) is 1. The van der Waals surface area contributed by atoms with Crippen LogP contribution in [0.4, 0.5) is 0 Å². The summed E-state index contributed by atoms with van der Waals surface area (Å²) in [6.45, 7) is 4.17. The van der Waals surface area contributed by atoms with Crippen LogP contribution in [0.15, 0.2) is 22.8 Å². The predicted molar refractivity (Wildman–Crippen MR) is 97.0 cm³/mol. The quantitative estimate of drug-likeness (QED) is 0.690. The second-order valence-electron chi connectivity index (χ2n) is 6.73. The van der Waals surface area contributed by atoms with Crippen LogP contribution in [0.3, 0.4) is 0 Å². The van der Waals surface area contributed by atoms with Gasteiger partial charge in [0.2, 0.25) is 0 Å². The van der Waals surface area contributed by atoms with Crippen LogP contribution in [0.25, 0.3) is 4.96 Å². The molecule has 5 nitrogen and oxygen atoms in total. The van der Waals surface area contributed by atoms with Crippen LogP contribution < -0.4 is 5.32 Å². The van der Waals surface area contributed by atoms with Crippen molar-refractivity contribution in [2.45, 2.75) is 39.2 Å². The summed E-state index contributed by atoms with van der Waals surface area (Å²) < 4.78 is 2.07. The molecule has 2 heterocycles. The van der Waals surface area contributed by atoms with Crippen molar-refractivity contribution in [1.29, 1.82) is 0 Å². The van der Waals surface area contributed by atoms with Crippen molar-refractivity contribution >= 4 is 22.3 Å². The Morgan fingerprint density at radius 2 is 2.22 bits per heavy atom. The fourth-order valence-corrected chi connectivity index (χ4v) is 4.12. The Balaban J connectivity index is 1.51. The summed E-state index contributed by atoms with van der Waals surface area (Å²) in [5.41, 5.74) is 1.05. The lowest BCUT2D eigenvalue weighted by molar-refractivity contribution is 0.250. The summed E-state index contributed by atoms with van der Waals surface area (Å²) in [4.78, 5) is 12.3. The minimum atomic E-state index is 0.715. The highest BCUT2D eigenvalue weighted by atomic mass is 32.1. The van der Waals surface area contributed by atoms with Gasteiger partial charge in [0.1, 0.15) is 0 Å². The standard InChI is InChI=1S/C17H27N5S/c1-13-4-6-14(7-5-13)11-21(3)16(18-2)19-10-15-12-22-8-9-23-17(22)20-15/h8-9,12-14H,4-7,10-11H2,1-3H3,(H,18,19). The molecule has 23 heavy (non-hydrogen) atoms. The van der Waals surface area contributed by atoms with Gasteiger partial charge >= 0.3 is 0 Å². The third-order valence-corrected chi connectivity index (χ3v) is 5.58. The molecule has 0 bridgehead atoms. The normalized spacial score (nSPS) is 22.5. The first-order valence-electron chi connectivity index (χ1n) is 8.48. The SMILES string of the molecule is CN=C(NCc1cn2ccsc2n1)N(C)CC1CCC(C)CC1. The lowest BCUT2D eigenvalue weighted by Gasteiger charge is -2.31. The van der Waals surface area contributed by atoms with Gasteiger partial charge in [0.15, 0.2) is 10.9 Å². The molecule has 2 aromatic heterocycles. The molecule has 0 unspecified atom stereocenters. The number of nitrogens with zero attached hydrogens (tertiary/aromatic N) is 4. The number of nitrogens with one attached hydrogen (secondary N) is 1. The Kier molecular flexibility index (Phi) is 5.20. The molecule has 1 aliphatic rings. The van der Waals surface area contributed by atoms with E-state index < -0.39 is 0 Å². The van der Waals surface area contributed by atoms with E-state index in [1.807, 2.05) is 13.2 Å². The maximum absolute atomic E-state index is 4.61. The lowest BCUT2D eigenvalue weighted by atomic mass is 9.83. The van der Waals surface area contributed by atoms with Gasteiger partial charge in [0.05, 0.1) is 12.2 Å².